The molecule has 3 aromatic rings. The van der Waals surface area contributed by atoms with Gasteiger partial charge in [0.2, 0.25) is 5.76 Å². The number of halogens is 1. The molecule has 2 aromatic heterocycles. The fraction of sp³-hybridized carbons (Fsp3) is 0.125. The summed E-state index contributed by atoms with van der Waals surface area (Å²) in [6.07, 6.45) is 1.51. The van der Waals surface area contributed by atoms with E-state index in [1.54, 1.807) is 30.3 Å². The summed E-state index contributed by atoms with van der Waals surface area (Å²) in [4.78, 5) is 23.5. The lowest BCUT2D eigenvalue weighted by atomic mass is 10.2. The molecule has 0 saturated heterocycles. The van der Waals surface area contributed by atoms with Gasteiger partial charge >= 0.3 is 5.97 Å². The van der Waals surface area contributed by atoms with Crippen molar-refractivity contribution in [2.45, 2.75) is 6.54 Å². The van der Waals surface area contributed by atoms with E-state index >= 15 is 0 Å². The maximum Gasteiger partial charge on any atom is 0.374 e. The van der Waals surface area contributed by atoms with E-state index in [0.717, 1.165) is 0 Å². The molecule has 0 aliphatic carbocycles. The van der Waals surface area contributed by atoms with Crippen LogP contribution in [0.3, 0.4) is 0 Å². The molecule has 0 fully saturated rings. The number of hydrogen-bond donors (Lipinski definition) is 1. The van der Waals surface area contributed by atoms with Gasteiger partial charge in [-0.05, 0) is 36.4 Å². The van der Waals surface area contributed by atoms with Gasteiger partial charge in [-0.2, -0.15) is 0 Å². The van der Waals surface area contributed by atoms with Crippen molar-refractivity contribution in [3.63, 3.8) is 0 Å². The van der Waals surface area contributed by atoms with Crippen LogP contribution in [0, 0.1) is 0 Å². The van der Waals surface area contributed by atoms with Gasteiger partial charge in [-0.15, -0.1) is 0 Å². The quantitative estimate of drug-likeness (QED) is 0.725. The van der Waals surface area contributed by atoms with Crippen LogP contribution in [0.2, 0.25) is 5.02 Å². The Morgan fingerprint density at radius 1 is 1.22 bits per heavy atom. The van der Waals surface area contributed by atoms with Gasteiger partial charge in [0.25, 0.3) is 5.91 Å². The molecule has 6 nitrogen and oxygen atoms in total. The van der Waals surface area contributed by atoms with Crippen molar-refractivity contribution in [3.05, 3.63) is 59.2 Å². The van der Waals surface area contributed by atoms with Crippen molar-refractivity contribution >= 4 is 34.4 Å². The first-order valence-corrected chi connectivity index (χ1v) is 7.15. The number of amides is 1. The van der Waals surface area contributed by atoms with Gasteiger partial charge in [-0.25, -0.2) is 4.79 Å². The number of benzene rings is 1. The van der Waals surface area contributed by atoms with Crippen molar-refractivity contribution < 1.29 is 23.2 Å². The average molecular weight is 334 g/mol. The Kier molecular flexibility index (Phi) is 4.34. The molecule has 7 heteroatoms. The number of nitrogens with one attached hydrogen (secondary N) is 1. The summed E-state index contributed by atoms with van der Waals surface area (Å²) in [5.74, 6) is -0.528. The number of hydrogen-bond acceptors (Lipinski definition) is 5. The van der Waals surface area contributed by atoms with E-state index in [1.807, 2.05) is 0 Å². The molecule has 0 saturated carbocycles. The first kappa shape index (κ1) is 15.2. The molecule has 0 aliphatic heterocycles. The molecule has 0 bridgehead atoms. The lowest BCUT2D eigenvalue weighted by Gasteiger charge is -2.03. The van der Waals surface area contributed by atoms with Crippen LogP contribution in [0.4, 0.5) is 0 Å². The highest BCUT2D eigenvalue weighted by Gasteiger charge is 2.15. The molecule has 23 heavy (non-hydrogen) atoms. The third kappa shape index (κ3) is 3.73. The number of fused-ring (bicyclic) bond motifs is 1. The van der Waals surface area contributed by atoms with Crippen molar-refractivity contribution in [2.24, 2.45) is 0 Å². The Morgan fingerprint density at radius 2 is 2.09 bits per heavy atom. The van der Waals surface area contributed by atoms with Crippen LogP contribution >= 0.6 is 11.6 Å². The lowest BCUT2D eigenvalue weighted by molar-refractivity contribution is -0.124. The zero-order valence-corrected chi connectivity index (χ0v) is 12.6. The minimum absolute atomic E-state index is 0.0149. The molecular weight excluding hydrogens is 322 g/mol. The van der Waals surface area contributed by atoms with Gasteiger partial charge in [0.05, 0.1) is 12.8 Å². The fourth-order valence-corrected chi connectivity index (χ4v) is 2.15. The second-order valence-electron chi connectivity index (χ2n) is 4.73. The third-order valence-corrected chi connectivity index (χ3v) is 3.29. The number of carbonyl (C=O) groups is 2. The Bertz CT molecular complexity index is 837. The number of rotatable bonds is 5. The smallest absolute Gasteiger partial charge is 0.374 e. The van der Waals surface area contributed by atoms with E-state index in [9.17, 15) is 9.59 Å². The summed E-state index contributed by atoms with van der Waals surface area (Å²) in [5, 5.41) is 3.79. The van der Waals surface area contributed by atoms with Crippen LogP contribution in [0.25, 0.3) is 11.0 Å². The topological polar surface area (TPSA) is 81.7 Å². The molecule has 0 spiro atoms. The molecule has 0 atom stereocenters. The van der Waals surface area contributed by atoms with Crippen LogP contribution in [0.15, 0.2) is 51.5 Å². The summed E-state index contributed by atoms with van der Waals surface area (Å²) in [5.41, 5.74) is 0.517. The molecule has 1 amide bonds. The van der Waals surface area contributed by atoms with Crippen molar-refractivity contribution in [1.82, 2.24) is 5.32 Å². The molecule has 3 rings (SSSR count). The van der Waals surface area contributed by atoms with Crippen LogP contribution in [-0.4, -0.2) is 18.5 Å². The normalized spacial score (nSPS) is 10.7. The van der Waals surface area contributed by atoms with E-state index in [2.05, 4.69) is 5.32 Å². The second-order valence-corrected chi connectivity index (χ2v) is 5.16. The van der Waals surface area contributed by atoms with Crippen LogP contribution in [-0.2, 0) is 16.1 Å². The Balaban J connectivity index is 1.54. The summed E-state index contributed by atoms with van der Waals surface area (Å²) >= 11 is 5.87. The fourth-order valence-electron chi connectivity index (χ4n) is 1.97. The molecular formula is C16H12ClNO5. The summed E-state index contributed by atoms with van der Waals surface area (Å²) < 4.78 is 15.3. The summed E-state index contributed by atoms with van der Waals surface area (Å²) in [7, 11) is 0. The molecule has 1 N–H and O–H groups in total. The molecule has 118 valence electrons. The maximum absolute atomic E-state index is 11.9. The predicted molar refractivity (Wildman–Crippen MR) is 82.1 cm³/mol. The van der Waals surface area contributed by atoms with Crippen molar-refractivity contribution in [3.8, 4) is 0 Å². The standard InChI is InChI=1S/C16H12ClNO5/c17-11-3-4-13-10(6-11)7-14(23-13)16(20)22-9-15(19)18-8-12-2-1-5-21-12/h1-7H,8-9H2,(H,18,19). The number of ether oxygens (including phenoxy) is 1. The first-order chi connectivity index (χ1) is 11.1. The highest BCUT2D eigenvalue weighted by atomic mass is 35.5. The Hall–Kier alpha value is -2.73. The van der Waals surface area contributed by atoms with Crippen molar-refractivity contribution in [1.29, 1.82) is 0 Å². The van der Waals surface area contributed by atoms with Gasteiger partial charge in [0.15, 0.2) is 6.61 Å². The molecule has 2 heterocycles. The summed E-state index contributed by atoms with van der Waals surface area (Å²) in [6.45, 7) is -0.177. The van der Waals surface area contributed by atoms with Gasteiger partial charge < -0.3 is 18.9 Å². The van der Waals surface area contributed by atoms with E-state index in [1.165, 1.54) is 12.3 Å². The van der Waals surface area contributed by atoms with Crippen LogP contribution in [0.1, 0.15) is 16.3 Å². The predicted octanol–water partition coefficient (Wildman–Crippen LogP) is 3.15. The van der Waals surface area contributed by atoms with Crippen LogP contribution in [0.5, 0.6) is 0 Å². The largest absolute Gasteiger partial charge is 0.467 e. The van der Waals surface area contributed by atoms with E-state index in [4.69, 9.17) is 25.2 Å². The third-order valence-electron chi connectivity index (χ3n) is 3.05. The molecule has 1 aromatic carbocycles. The molecule has 0 aliphatic rings. The zero-order chi connectivity index (χ0) is 16.2. The first-order valence-electron chi connectivity index (χ1n) is 6.77. The second kappa shape index (κ2) is 6.58. The van der Waals surface area contributed by atoms with Gasteiger partial charge in [-0.3, -0.25) is 4.79 Å². The number of esters is 1. The number of carbonyl (C=O) groups excluding carboxylic acids is 2. The molecule has 0 radical (unpaired) electrons. The van der Waals surface area contributed by atoms with Crippen molar-refractivity contribution in [2.75, 3.05) is 6.61 Å². The highest BCUT2D eigenvalue weighted by Crippen LogP contribution is 2.23. The van der Waals surface area contributed by atoms with Gasteiger partial charge in [0, 0.05) is 10.4 Å². The average Bonchev–Trinajstić information content (AvgIpc) is 3.19. The minimum Gasteiger partial charge on any atom is -0.467 e. The van der Waals surface area contributed by atoms with E-state index in [-0.39, 0.29) is 12.3 Å². The minimum atomic E-state index is -0.717. The van der Waals surface area contributed by atoms with Gasteiger partial charge in [0.1, 0.15) is 11.3 Å². The molecule has 0 unspecified atom stereocenters. The van der Waals surface area contributed by atoms with E-state index in [0.29, 0.717) is 21.8 Å². The Labute approximate surface area is 136 Å². The maximum atomic E-state index is 11.9. The Morgan fingerprint density at radius 3 is 2.87 bits per heavy atom. The lowest BCUT2D eigenvalue weighted by Crippen LogP contribution is -2.28. The van der Waals surface area contributed by atoms with Gasteiger partial charge in [-0.1, -0.05) is 11.6 Å². The SMILES string of the molecule is O=C(COC(=O)c1cc2cc(Cl)ccc2o1)NCc1ccco1. The van der Waals surface area contributed by atoms with Crippen LogP contribution < -0.4 is 5.32 Å². The monoisotopic (exact) mass is 333 g/mol. The van der Waals surface area contributed by atoms with E-state index < -0.39 is 18.5 Å². The number of furan rings is 2. The zero-order valence-electron chi connectivity index (χ0n) is 11.9. The summed E-state index contributed by atoms with van der Waals surface area (Å²) in [6, 6.07) is 9.95. The highest BCUT2D eigenvalue weighted by molar-refractivity contribution is 6.31.